The van der Waals surface area contributed by atoms with Crippen LogP contribution in [0.25, 0.3) is 0 Å². The molecule has 0 fully saturated rings. The molecule has 0 saturated carbocycles. The van der Waals surface area contributed by atoms with Crippen molar-refractivity contribution in [3.05, 3.63) is 11.9 Å². The molecule has 0 saturated heterocycles. The summed E-state index contributed by atoms with van der Waals surface area (Å²) < 4.78 is 0. The van der Waals surface area contributed by atoms with Crippen LogP contribution in [0.5, 0.6) is 0 Å². The SMILES string of the molecule is CCCc1nc(NC)cc(N(C)CCN(C)C)n1. The van der Waals surface area contributed by atoms with Gasteiger partial charge in [-0.05, 0) is 20.5 Å². The number of nitrogens with one attached hydrogen (secondary N) is 1. The lowest BCUT2D eigenvalue weighted by Gasteiger charge is -2.21. The largest absolute Gasteiger partial charge is 0.373 e. The molecule has 5 nitrogen and oxygen atoms in total. The highest BCUT2D eigenvalue weighted by atomic mass is 15.2. The first-order chi connectivity index (χ1) is 8.56. The molecule has 1 N–H and O–H groups in total. The van der Waals surface area contributed by atoms with E-state index in [9.17, 15) is 0 Å². The van der Waals surface area contributed by atoms with E-state index in [1.807, 2.05) is 13.1 Å². The summed E-state index contributed by atoms with van der Waals surface area (Å²) in [7, 11) is 8.12. The van der Waals surface area contributed by atoms with Gasteiger partial charge in [0.1, 0.15) is 17.5 Å². The first kappa shape index (κ1) is 14.7. The van der Waals surface area contributed by atoms with Gasteiger partial charge in [0.05, 0.1) is 0 Å². The Labute approximate surface area is 110 Å². The Morgan fingerprint density at radius 1 is 1.17 bits per heavy atom. The number of anilines is 2. The van der Waals surface area contributed by atoms with E-state index in [1.54, 1.807) is 0 Å². The summed E-state index contributed by atoms with van der Waals surface area (Å²) in [4.78, 5) is 13.4. The van der Waals surface area contributed by atoms with Crippen molar-refractivity contribution in [3.63, 3.8) is 0 Å². The number of nitrogens with zero attached hydrogens (tertiary/aromatic N) is 4. The van der Waals surface area contributed by atoms with Crippen molar-refractivity contribution in [2.24, 2.45) is 0 Å². The van der Waals surface area contributed by atoms with Gasteiger partial charge >= 0.3 is 0 Å². The third-order valence-electron chi connectivity index (χ3n) is 2.76. The minimum absolute atomic E-state index is 0.889. The molecular weight excluding hydrogens is 226 g/mol. The quantitative estimate of drug-likeness (QED) is 0.795. The molecule has 0 unspecified atom stereocenters. The molecule has 0 bridgehead atoms. The number of likely N-dealkylation sites (N-methyl/N-ethyl adjacent to an activating group) is 2. The van der Waals surface area contributed by atoms with E-state index in [0.717, 1.165) is 43.4 Å². The van der Waals surface area contributed by atoms with Crippen LogP contribution in [0, 0.1) is 0 Å². The fourth-order valence-electron chi connectivity index (χ4n) is 1.61. The summed E-state index contributed by atoms with van der Waals surface area (Å²) in [5.41, 5.74) is 0. The van der Waals surface area contributed by atoms with Gasteiger partial charge in [0.2, 0.25) is 0 Å². The topological polar surface area (TPSA) is 44.3 Å². The Bertz CT molecular complexity index is 364. The molecule has 0 radical (unpaired) electrons. The third kappa shape index (κ3) is 4.49. The van der Waals surface area contributed by atoms with Crippen molar-refractivity contribution in [1.82, 2.24) is 14.9 Å². The summed E-state index contributed by atoms with van der Waals surface area (Å²) >= 11 is 0. The number of hydrogen-bond donors (Lipinski definition) is 1. The molecule has 5 heteroatoms. The Morgan fingerprint density at radius 2 is 1.89 bits per heavy atom. The fraction of sp³-hybridized carbons (Fsp3) is 0.692. The minimum Gasteiger partial charge on any atom is -0.373 e. The molecule has 0 spiro atoms. The lowest BCUT2D eigenvalue weighted by atomic mass is 10.3. The zero-order valence-corrected chi connectivity index (χ0v) is 12.2. The highest BCUT2D eigenvalue weighted by Crippen LogP contribution is 2.15. The van der Waals surface area contributed by atoms with Gasteiger partial charge < -0.3 is 15.1 Å². The molecule has 1 rings (SSSR count). The fourth-order valence-corrected chi connectivity index (χ4v) is 1.61. The third-order valence-corrected chi connectivity index (χ3v) is 2.76. The second-order valence-corrected chi connectivity index (χ2v) is 4.75. The van der Waals surface area contributed by atoms with Crippen molar-refractivity contribution in [1.29, 1.82) is 0 Å². The lowest BCUT2D eigenvalue weighted by molar-refractivity contribution is 0.416. The Morgan fingerprint density at radius 3 is 2.44 bits per heavy atom. The average molecular weight is 251 g/mol. The van der Waals surface area contributed by atoms with Crippen LogP contribution in [0.4, 0.5) is 11.6 Å². The molecule has 1 aromatic rings. The molecule has 18 heavy (non-hydrogen) atoms. The van der Waals surface area contributed by atoms with Crippen LogP contribution in [0.1, 0.15) is 19.2 Å². The Kier molecular flexibility index (Phi) is 5.85. The second-order valence-electron chi connectivity index (χ2n) is 4.75. The summed E-state index contributed by atoms with van der Waals surface area (Å²) in [6, 6.07) is 1.99. The van der Waals surface area contributed by atoms with Gasteiger partial charge in [-0.15, -0.1) is 0 Å². The number of rotatable bonds is 7. The first-order valence-corrected chi connectivity index (χ1v) is 6.48. The molecule has 0 aliphatic heterocycles. The van der Waals surface area contributed by atoms with Gasteiger partial charge in [-0.2, -0.15) is 0 Å². The molecule has 1 aromatic heterocycles. The van der Waals surface area contributed by atoms with Gasteiger partial charge in [0.25, 0.3) is 0 Å². The van der Waals surface area contributed by atoms with Gasteiger partial charge in [0, 0.05) is 39.7 Å². The predicted molar refractivity (Wildman–Crippen MR) is 77.4 cm³/mol. The highest BCUT2D eigenvalue weighted by Gasteiger charge is 2.07. The number of hydrogen-bond acceptors (Lipinski definition) is 5. The summed E-state index contributed by atoms with van der Waals surface area (Å²) in [5, 5.41) is 3.10. The zero-order chi connectivity index (χ0) is 13.5. The van der Waals surface area contributed by atoms with E-state index >= 15 is 0 Å². The number of aryl methyl sites for hydroxylation is 1. The van der Waals surface area contributed by atoms with Crippen LogP contribution in [0.2, 0.25) is 0 Å². The summed E-state index contributed by atoms with van der Waals surface area (Å²) in [6.07, 6.45) is 1.98. The smallest absolute Gasteiger partial charge is 0.134 e. The summed E-state index contributed by atoms with van der Waals surface area (Å²) in [5.74, 6) is 2.79. The minimum atomic E-state index is 0.889. The van der Waals surface area contributed by atoms with E-state index < -0.39 is 0 Å². The highest BCUT2D eigenvalue weighted by molar-refractivity contribution is 5.48. The van der Waals surface area contributed by atoms with E-state index in [1.165, 1.54) is 0 Å². The maximum atomic E-state index is 4.61. The monoisotopic (exact) mass is 251 g/mol. The standard InChI is InChI=1S/C13H25N5/c1-6-7-11-15-12(14-2)10-13(16-11)18(5)9-8-17(3)4/h10H,6-9H2,1-5H3,(H,14,15,16). The van der Waals surface area contributed by atoms with Crippen molar-refractivity contribution in [3.8, 4) is 0 Å². The molecule has 0 amide bonds. The zero-order valence-electron chi connectivity index (χ0n) is 12.2. The predicted octanol–water partition coefficient (Wildman–Crippen LogP) is 1.47. The van der Waals surface area contributed by atoms with Gasteiger partial charge in [-0.1, -0.05) is 6.92 Å². The van der Waals surface area contributed by atoms with Gasteiger partial charge in [-0.25, -0.2) is 9.97 Å². The van der Waals surface area contributed by atoms with E-state index in [-0.39, 0.29) is 0 Å². The molecule has 0 atom stereocenters. The molecule has 1 heterocycles. The molecule has 0 aliphatic rings. The van der Waals surface area contributed by atoms with Crippen molar-refractivity contribution in [2.45, 2.75) is 19.8 Å². The van der Waals surface area contributed by atoms with E-state index in [2.05, 4.69) is 53.2 Å². The lowest BCUT2D eigenvalue weighted by Crippen LogP contribution is -2.29. The molecule has 102 valence electrons. The normalized spacial score (nSPS) is 10.8. The van der Waals surface area contributed by atoms with E-state index in [4.69, 9.17) is 0 Å². The van der Waals surface area contributed by atoms with Crippen LogP contribution >= 0.6 is 0 Å². The van der Waals surface area contributed by atoms with Crippen molar-refractivity contribution in [2.75, 3.05) is 51.5 Å². The van der Waals surface area contributed by atoms with Crippen LogP contribution < -0.4 is 10.2 Å². The van der Waals surface area contributed by atoms with Gasteiger partial charge in [0.15, 0.2) is 0 Å². The van der Waals surface area contributed by atoms with Crippen LogP contribution in [0.3, 0.4) is 0 Å². The molecular formula is C13H25N5. The maximum absolute atomic E-state index is 4.61. The first-order valence-electron chi connectivity index (χ1n) is 6.48. The van der Waals surface area contributed by atoms with Crippen LogP contribution in [-0.4, -0.2) is 56.1 Å². The number of aromatic nitrogens is 2. The van der Waals surface area contributed by atoms with Gasteiger partial charge in [-0.3, -0.25) is 0 Å². The van der Waals surface area contributed by atoms with Crippen molar-refractivity contribution >= 4 is 11.6 Å². The molecule has 0 aromatic carbocycles. The van der Waals surface area contributed by atoms with Crippen molar-refractivity contribution < 1.29 is 0 Å². The van der Waals surface area contributed by atoms with E-state index in [0.29, 0.717) is 0 Å². The maximum Gasteiger partial charge on any atom is 0.134 e. The summed E-state index contributed by atoms with van der Waals surface area (Å²) in [6.45, 7) is 4.11. The second kappa shape index (κ2) is 7.16. The molecule has 0 aliphatic carbocycles. The average Bonchev–Trinajstić information content (AvgIpc) is 2.35. The Hall–Kier alpha value is -1.36. The van der Waals surface area contributed by atoms with Crippen LogP contribution in [0.15, 0.2) is 6.07 Å². The Balaban J connectivity index is 2.82. The van der Waals surface area contributed by atoms with Crippen LogP contribution in [-0.2, 0) is 6.42 Å².